The van der Waals surface area contributed by atoms with Gasteiger partial charge in [-0.2, -0.15) is 5.10 Å². The Morgan fingerprint density at radius 2 is 1.68 bits per heavy atom. The fraction of sp³-hybridized carbons (Fsp3) is 0.233. The normalized spacial score (nSPS) is 15.3. The molecule has 4 aromatic rings. The van der Waals surface area contributed by atoms with Gasteiger partial charge in [0.05, 0.1) is 17.1 Å². The Kier molecular flexibility index (Phi) is 6.89. The summed E-state index contributed by atoms with van der Waals surface area (Å²) in [5, 5.41) is 8.76. The van der Waals surface area contributed by atoms with Gasteiger partial charge < -0.3 is 5.32 Å². The summed E-state index contributed by atoms with van der Waals surface area (Å²) in [6.45, 7) is 8.29. The van der Waals surface area contributed by atoms with Crippen molar-refractivity contribution in [2.24, 2.45) is 0 Å². The highest BCUT2D eigenvalue weighted by atomic mass is 32.2. The number of fused-ring (bicyclic) bond motifs is 1. The van der Waals surface area contributed by atoms with Crippen LogP contribution in [0.25, 0.3) is 5.69 Å². The highest BCUT2D eigenvalue weighted by Crippen LogP contribution is 2.41. The van der Waals surface area contributed by atoms with E-state index in [2.05, 4.69) is 5.32 Å². The first-order chi connectivity index (χ1) is 17.8. The second kappa shape index (κ2) is 10.3. The number of benzene rings is 3. The number of carbonyl (C=O) groups excluding carboxylic acids is 2. The van der Waals surface area contributed by atoms with E-state index >= 15 is 0 Å². The molecule has 37 heavy (non-hydrogen) atoms. The van der Waals surface area contributed by atoms with Crippen molar-refractivity contribution >= 4 is 29.3 Å². The number of aryl methyl sites for hydroxylation is 4. The summed E-state index contributed by atoms with van der Waals surface area (Å²) in [5.74, 6) is -0.126. The highest BCUT2D eigenvalue weighted by Gasteiger charge is 2.40. The lowest BCUT2D eigenvalue weighted by atomic mass is 10.0. The first-order valence-corrected chi connectivity index (χ1v) is 13.3. The molecular formula is C30H30N4O2S. The molecule has 1 aliphatic heterocycles. The van der Waals surface area contributed by atoms with Gasteiger partial charge in [0.25, 0.3) is 0 Å². The molecule has 3 aromatic carbocycles. The van der Waals surface area contributed by atoms with E-state index in [1.54, 1.807) is 4.90 Å². The summed E-state index contributed by atoms with van der Waals surface area (Å²) in [4.78, 5) is 29.4. The van der Waals surface area contributed by atoms with Gasteiger partial charge in [0.15, 0.2) is 0 Å². The molecule has 0 fully saturated rings. The molecule has 0 unspecified atom stereocenters. The molecule has 0 saturated carbocycles. The van der Waals surface area contributed by atoms with Gasteiger partial charge in [0.2, 0.25) is 11.8 Å². The van der Waals surface area contributed by atoms with Crippen LogP contribution in [0.5, 0.6) is 0 Å². The summed E-state index contributed by atoms with van der Waals surface area (Å²) < 4.78 is 1.86. The van der Waals surface area contributed by atoms with Crippen LogP contribution in [0.1, 0.15) is 39.6 Å². The molecule has 0 bridgehead atoms. The zero-order chi connectivity index (χ0) is 26.1. The Morgan fingerprint density at radius 3 is 2.41 bits per heavy atom. The first kappa shape index (κ1) is 24.8. The average Bonchev–Trinajstić information content (AvgIpc) is 3.13. The Labute approximate surface area is 221 Å². The van der Waals surface area contributed by atoms with Crippen LogP contribution in [0, 0.1) is 27.7 Å². The van der Waals surface area contributed by atoms with Gasteiger partial charge in [-0.15, -0.1) is 0 Å². The smallest absolute Gasteiger partial charge is 0.248 e. The molecule has 0 saturated heterocycles. The molecule has 0 aliphatic carbocycles. The molecule has 1 aliphatic rings. The van der Waals surface area contributed by atoms with Crippen LogP contribution in [0.15, 0.2) is 77.8 Å². The number of rotatable bonds is 5. The summed E-state index contributed by atoms with van der Waals surface area (Å²) in [6, 6.07) is 23.1. The maximum atomic E-state index is 14.0. The molecule has 1 aromatic heterocycles. The van der Waals surface area contributed by atoms with Crippen LogP contribution in [-0.2, 0) is 16.1 Å². The van der Waals surface area contributed by atoms with Crippen molar-refractivity contribution in [2.75, 3.05) is 10.7 Å². The number of nitrogens with zero attached hydrogens (tertiary/aromatic N) is 3. The summed E-state index contributed by atoms with van der Waals surface area (Å²) in [7, 11) is 0. The SMILES string of the molecule is Cc1ccc(CNC(=O)[C@H]2c3c(C)nn(-c4ccccc4)c3SCC(=O)N2c2cc(C)ccc2C)cc1. The van der Waals surface area contributed by atoms with Crippen LogP contribution in [0.2, 0.25) is 0 Å². The minimum atomic E-state index is -0.846. The fourth-order valence-electron chi connectivity index (χ4n) is 4.68. The van der Waals surface area contributed by atoms with Gasteiger partial charge in [-0.25, -0.2) is 4.68 Å². The van der Waals surface area contributed by atoms with Crippen molar-refractivity contribution in [3.8, 4) is 5.69 Å². The number of thioether (sulfide) groups is 1. The molecule has 5 rings (SSSR count). The lowest BCUT2D eigenvalue weighted by molar-refractivity contribution is -0.126. The summed E-state index contributed by atoms with van der Waals surface area (Å²) in [6.07, 6.45) is 0. The maximum absolute atomic E-state index is 14.0. The number of anilines is 1. The third-order valence-corrected chi connectivity index (χ3v) is 7.71. The number of aromatic nitrogens is 2. The Balaban J connectivity index is 1.63. The van der Waals surface area contributed by atoms with E-state index in [0.717, 1.165) is 49.9 Å². The Bertz CT molecular complexity index is 1460. The van der Waals surface area contributed by atoms with Crippen molar-refractivity contribution in [3.63, 3.8) is 0 Å². The Hall–Kier alpha value is -3.84. The van der Waals surface area contributed by atoms with Crippen molar-refractivity contribution in [2.45, 2.75) is 45.3 Å². The molecule has 7 heteroatoms. The Morgan fingerprint density at radius 1 is 0.973 bits per heavy atom. The van der Waals surface area contributed by atoms with Crippen molar-refractivity contribution in [3.05, 3.63) is 106 Å². The van der Waals surface area contributed by atoms with E-state index in [9.17, 15) is 9.59 Å². The van der Waals surface area contributed by atoms with E-state index in [4.69, 9.17) is 5.10 Å². The van der Waals surface area contributed by atoms with Crippen LogP contribution >= 0.6 is 11.8 Å². The van der Waals surface area contributed by atoms with Crippen LogP contribution in [0.3, 0.4) is 0 Å². The molecule has 1 N–H and O–H groups in total. The quantitative estimate of drug-likeness (QED) is 0.379. The van der Waals surface area contributed by atoms with E-state index < -0.39 is 6.04 Å². The molecule has 0 spiro atoms. The maximum Gasteiger partial charge on any atom is 0.248 e. The topological polar surface area (TPSA) is 67.2 Å². The van der Waals surface area contributed by atoms with Gasteiger partial charge in [0, 0.05) is 17.8 Å². The molecule has 1 atom stereocenters. The highest BCUT2D eigenvalue weighted by molar-refractivity contribution is 8.00. The minimum absolute atomic E-state index is 0.107. The van der Waals surface area contributed by atoms with E-state index in [1.165, 1.54) is 11.8 Å². The zero-order valence-electron chi connectivity index (χ0n) is 21.5. The summed E-state index contributed by atoms with van der Waals surface area (Å²) in [5.41, 5.74) is 7.28. The molecule has 0 radical (unpaired) electrons. The monoisotopic (exact) mass is 510 g/mol. The number of carbonyl (C=O) groups is 2. The van der Waals surface area contributed by atoms with Gasteiger partial charge in [-0.1, -0.05) is 71.9 Å². The predicted octanol–water partition coefficient (Wildman–Crippen LogP) is 5.60. The molecule has 2 amide bonds. The largest absolute Gasteiger partial charge is 0.350 e. The molecular weight excluding hydrogens is 480 g/mol. The van der Waals surface area contributed by atoms with Crippen molar-refractivity contribution in [1.29, 1.82) is 0 Å². The van der Waals surface area contributed by atoms with Gasteiger partial charge in [0.1, 0.15) is 11.1 Å². The second-order valence-corrected chi connectivity index (χ2v) is 10.5. The van der Waals surface area contributed by atoms with Crippen molar-refractivity contribution in [1.82, 2.24) is 15.1 Å². The number of para-hydroxylation sites is 1. The van der Waals surface area contributed by atoms with E-state index in [0.29, 0.717) is 6.54 Å². The summed E-state index contributed by atoms with van der Waals surface area (Å²) >= 11 is 1.43. The van der Waals surface area contributed by atoms with Crippen LogP contribution < -0.4 is 10.2 Å². The lowest BCUT2D eigenvalue weighted by Crippen LogP contribution is -2.44. The zero-order valence-corrected chi connectivity index (χ0v) is 22.3. The van der Waals surface area contributed by atoms with Crippen LogP contribution in [-0.4, -0.2) is 27.3 Å². The third-order valence-electron chi connectivity index (χ3n) is 6.66. The molecule has 2 heterocycles. The number of hydrogen-bond donors (Lipinski definition) is 1. The van der Waals surface area contributed by atoms with Crippen molar-refractivity contribution < 1.29 is 9.59 Å². The number of amides is 2. The van der Waals surface area contributed by atoms with Gasteiger partial charge in [-0.3, -0.25) is 14.5 Å². The third kappa shape index (κ3) is 4.91. The predicted molar refractivity (Wildman–Crippen MR) is 148 cm³/mol. The van der Waals surface area contributed by atoms with E-state index in [-0.39, 0.29) is 17.6 Å². The van der Waals surface area contributed by atoms with Gasteiger partial charge in [-0.05, 0) is 62.6 Å². The van der Waals surface area contributed by atoms with Gasteiger partial charge >= 0.3 is 0 Å². The lowest BCUT2D eigenvalue weighted by Gasteiger charge is -2.31. The minimum Gasteiger partial charge on any atom is -0.350 e. The molecule has 188 valence electrons. The first-order valence-electron chi connectivity index (χ1n) is 12.3. The average molecular weight is 511 g/mol. The molecule has 6 nitrogen and oxygen atoms in total. The second-order valence-electron chi connectivity index (χ2n) is 9.50. The number of hydrogen-bond acceptors (Lipinski definition) is 4. The standard InChI is InChI=1S/C30H30N4O2S/c1-19-11-14-23(15-12-19)17-31-29(36)28-27-22(4)32-34(24-8-6-5-7-9-24)30(27)37-18-26(35)33(28)25-16-20(2)10-13-21(25)3/h5-16,28H,17-18H2,1-4H3,(H,31,36)/t28-/m1/s1. The number of nitrogens with one attached hydrogen (secondary N) is 1. The van der Waals surface area contributed by atoms with E-state index in [1.807, 2.05) is 105 Å². The fourth-order valence-corrected chi connectivity index (χ4v) is 5.76. The van der Waals surface area contributed by atoms with Crippen LogP contribution in [0.4, 0.5) is 5.69 Å².